The molecule has 0 unspecified atom stereocenters. The predicted molar refractivity (Wildman–Crippen MR) is 121 cm³/mol. The predicted octanol–water partition coefficient (Wildman–Crippen LogP) is 4.78. The maximum Gasteiger partial charge on any atom is 0.293 e. The number of para-hydroxylation sites is 1. The van der Waals surface area contributed by atoms with Gasteiger partial charge in [0.25, 0.3) is 5.69 Å². The van der Waals surface area contributed by atoms with Gasteiger partial charge in [-0.3, -0.25) is 19.5 Å². The van der Waals surface area contributed by atoms with Crippen LogP contribution in [0.4, 0.5) is 11.4 Å². The second-order valence-electron chi connectivity index (χ2n) is 6.98. The molecule has 32 heavy (non-hydrogen) atoms. The lowest BCUT2D eigenvalue weighted by molar-refractivity contribution is -0.384. The van der Waals surface area contributed by atoms with Crippen LogP contribution in [0.25, 0.3) is 17.1 Å². The van der Waals surface area contributed by atoms with Crippen LogP contribution in [0, 0.1) is 24.0 Å². The Balaban J connectivity index is 1.58. The summed E-state index contributed by atoms with van der Waals surface area (Å²) in [5, 5.41) is 23.0. The summed E-state index contributed by atoms with van der Waals surface area (Å²) in [6, 6.07) is 16.0. The number of hydrogen-bond acceptors (Lipinski definition) is 7. The minimum atomic E-state index is -0.513. The largest absolute Gasteiger partial charge is 0.469 e. The zero-order valence-corrected chi connectivity index (χ0v) is 18.1. The Morgan fingerprint density at radius 2 is 1.94 bits per heavy atom. The lowest BCUT2D eigenvalue weighted by Gasteiger charge is -2.10. The molecule has 0 saturated heterocycles. The molecule has 4 rings (SSSR count). The Bertz CT molecular complexity index is 1280. The van der Waals surface area contributed by atoms with Crippen molar-refractivity contribution in [2.45, 2.75) is 19.0 Å². The number of nitro benzene ring substituents is 1. The number of nitrogens with zero attached hydrogens (tertiary/aromatic N) is 4. The third-order valence-electron chi connectivity index (χ3n) is 4.70. The molecule has 2 aromatic heterocycles. The van der Waals surface area contributed by atoms with E-state index in [9.17, 15) is 14.9 Å². The van der Waals surface area contributed by atoms with Crippen LogP contribution in [-0.2, 0) is 4.79 Å². The van der Waals surface area contributed by atoms with Crippen LogP contribution in [0.3, 0.4) is 0 Å². The molecule has 10 heteroatoms. The summed E-state index contributed by atoms with van der Waals surface area (Å²) in [6.45, 7) is 3.60. The van der Waals surface area contributed by atoms with E-state index >= 15 is 0 Å². The van der Waals surface area contributed by atoms with E-state index < -0.39 is 4.92 Å². The molecule has 2 aromatic carbocycles. The van der Waals surface area contributed by atoms with Gasteiger partial charge in [-0.05, 0) is 43.7 Å². The highest BCUT2D eigenvalue weighted by molar-refractivity contribution is 7.99. The topological polar surface area (TPSA) is 116 Å². The van der Waals surface area contributed by atoms with Crippen LogP contribution in [0.2, 0.25) is 0 Å². The van der Waals surface area contributed by atoms with Crippen molar-refractivity contribution in [2.24, 2.45) is 0 Å². The molecule has 4 aromatic rings. The molecule has 0 aliphatic rings. The number of aromatic nitrogens is 3. The quantitative estimate of drug-likeness (QED) is 0.245. The Hall–Kier alpha value is -3.92. The molecule has 1 amide bonds. The number of nitrogens with one attached hydrogen (secondary N) is 1. The summed E-state index contributed by atoms with van der Waals surface area (Å²) in [5.41, 5.74) is 2.39. The molecular weight excluding hydrogens is 430 g/mol. The highest BCUT2D eigenvalue weighted by atomic mass is 32.2. The third kappa shape index (κ3) is 4.40. The van der Waals surface area contributed by atoms with Gasteiger partial charge in [-0.1, -0.05) is 36.0 Å². The van der Waals surface area contributed by atoms with Crippen molar-refractivity contribution < 1.29 is 14.1 Å². The van der Waals surface area contributed by atoms with Crippen molar-refractivity contribution in [3.05, 3.63) is 82.3 Å². The van der Waals surface area contributed by atoms with E-state index in [-0.39, 0.29) is 23.0 Å². The highest BCUT2D eigenvalue weighted by Gasteiger charge is 2.21. The first kappa shape index (κ1) is 21.3. The third-order valence-corrected chi connectivity index (χ3v) is 5.63. The minimum Gasteiger partial charge on any atom is -0.469 e. The van der Waals surface area contributed by atoms with Crippen molar-refractivity contribution in [1.29, 1.82) is 0 Å². The lowest BCUT2D eigenvalue weighted by Crippen LogP contribution is -2.15. The van der Waals surface area contributed by atoms with E-state index in [0.717, 1.165) is 16.8 Å². The zero-order chi connectivity index (χ0) is 22.7. The monoisotopic (exact) mass is 449 g/mol. The molecule has 0 fully saturated rings. The van der Waals surface area contributed by atoms with Crippen LogP contribution in [-0.4, -0.2) is 31.3 Å². The number of benzene rings is 2. The fourth-order valence-electron chi connectivity index (χ4n) is 3.18. The average molecular weight is 449 g/mol. The van der Waals surface area contributed by atoms with Gasteiger partial charge in [0.2, 0.25) is 5.91 Å². The summed E-state index contributed by atoms with van der Waals surface area (Å²) in [7, 11) is 0. The molecule has 0 radical (unpaired) electrons. The summed E-state index contributed by atoms with van der Waals surface area (Å²) in [4.78, 5) is 23.3. The number of amides is 1. The maximum absolute atomic E-state index is 12.6. The van der Waals surface area contributed by atoms with Crippen LogP contribution in [0.15, 0.2) is 70.4 Å². The van der Waals surface area contributed by atoms with Gasteiger partial charge in [0.15, 0.2) is 11.0 Å². The molecule has 0 aliphatic carbocycles. The number of aryl methyl sites for hydroxylation is 2. The highest BCUT2D eigenvalue weighted by Crippen LogP contribution is 2.31. The second kappa shape index (κ2) is 9.06. The van der Waals surface area contributed by atoms with Gasteiger partial charge < -0.3 is 9.73 Å². The zero-order valence-electron chi connectivity index (χ0n) is 17.3. The second-order valence-corrected chi connectivity index (χ2v) is 7.92. The van der Waals surface area contributed by atoms with Crippen molar-refractivity contribution in [2.75, 3.05) is 11.1 Å². The molecule has 2 heterocycles. The van der Waals surface area contributed by atoms with E-state index in [4.69, 9.17) is 4.42 Å². The fourth-order valence-corrected chi connectivity index (χ4v) is 3.93. The van der Waals surface area contributed by atoms with E-state index in [1.807, 2.05) is 47.9 Å². The SMILES string of the molecule is Cc1ccc(NC(=O)CSc2nnc(-c3ccoc3C)n2-c2ccccc2)c([N+](=O)[O-])c1. The number of hydrogen-bond donors (Lipinski definition) is 1. The van der Waals surface area contributed by atoms with Gasteiger partial charge in [-0.2, -0.15) is 0 Å². The molecule has 0 spiro atoms. The Morgan fingerprint density at radius 3 is 2.62 bits per heavy atom. The lowest BCUT2D eigenvalue weighted by atomic mass is 10.2. The summed E-state index contributed by atoms with van der Waals surface area (Å²) in [6.07, 6.45) is 1.59. The van der Waals surface area contributed by atoms with Crippen LogP contribution < -0.4 is 5.32 Å². The molecule has 0 bridgehead atoms. The number of thioether (sulfide) groups is 1. The summed E-state index contributed by atoms with van der Waals surface area (Å²) >= 11 is 1.19. The number of rotatable bonds is 7. The molecule has 162 valence electrons. The average Bonchev–Trinajstić information content (AvgIpc) is 3.39. The summed E-state index contributed by atoms with van der Waals surface area (Å²) in [5.74, 6) is 0.918. The van der Waals surface area contributed by atoms with Gasteiger partial charge in [0, 0.05) is 11.8 Å². The van der Waals surface area contributed by atoms with E-state index in [1.165, 1.54) is 23.9 Å². The van der Waals surface area contributed by atoms with Crippen LogP contribution in [0.5, 0.6) is 0 Å². The van der Waals surface area contributed by atoms with Gasteiger partial charge in [0.05, 0.1) is 22.5 Å². The Morgan fingerprint density at radius 1 is 1.16 bits per heavy atom. The number of anilines is 1. The van der Waals surface area contributed by atoms with Crippen molar-refractivity contribution in [3.8, 4) is 17.1 Å². The minimum absolute atomic E-state index is 0.000364. The number of nitro groups is 1. The van der Waals surface area contributed by atoms with Gasteiger partial charge in [0.1, 0.15) is 11.4 Å². The van der Waals surface area contributed by atoms with E-state index in [0.29, 0.717) is 16.7 Å². The Kier molecular flexibility index (Phi) is 6.04. The van der Waals surface area contributed by atoms with Gasteiger partial charge >= 0.3 is 0 Å². The first-order valence-electron chi connectivity index (χ1n) is 9.67. The molecule has 0 aliphatic heterocycles. The first-order chi connectivity index (χ1) is 15.4. The molecular formula is C22H19N5O4S. The molecule has 1 N–H and O–H groups in total. The van der Waals surface area contributed by atoms with E-state index in [1.54, 1.807) is 19.3 Å². The van der Waals surface area contributed by atoms with Crippen LogP contribution in [0.1, 0.15) is 11.3 Å². The number of furan rings is 1. The number of carbonyl (C=O) groups excluding carboxylic acids is 1. The van der Waals surface area contributed by atoms with Crippen molar-refractivity contribution in [1.82, 2.24) is 14.8 Å². The maximum atomic E-state index is 12.6. The standard InChI is InChI=1S/C22H19N5O4S/c1-14-8-9-18(19(12-14)27(29)30)23-20(28)13-32-22-25-24-21(17-10-11-31-15(17)2)26(22)16-6-4-3-5-7-16/h3-12H,13H2,1-2H3,(H,23,28). The molecule has 9 nitrogen and oxygen atoms in total. The van der Waals surface area contributed by atoms with E-state index in [2.05, 4.69) is 15.5 Å². The first-order valence-corrected chi connectivity index (χ1v) is 10.7. The normalized spacial score (nSPS) is 10.8. The summed E-state index contributed by atoms with van der Waals surface area (Å²) < 4.78 is 7.27. The van der Waals surface area contributed by atoms with Crippen LogP contribution >= 0.6 is 11.8 Å². The molecule has 0 atom stereocenters. The fraction of sp³-hybridized carbons (Fsp3) is 0.136. The van der Waals surface area contributed by atoms with Crippen molar-refractivity contribution in [3.63, 3.8) is 0 Å². The van der Waals surface area contributed by atoms with Gasteiger partial charge in [-0.15, -0.1) is 10.2 Å². The number of carbonyl (C=O) groups is 1. The van der Waals surface area contributed by atoms with Crippen molar-refractivity contribution >= 4 is 29.0 Å². The Labute approximate surface area is 187 Å². The molecule has 0 saturated carbocycles. The van der Waals surface area contributed by atoms with Gasteiger partial charge in [-0.25, -0.2) is 0 Å². The smallest absolute Gasteiger partial charge is 0.293 e.